The minimum Gasteiger partial charge on any atom is -0.341 e. The molecule has 10 nitrogen and oxygen atoms in total. The van der Waals surface area contributed by atoms with E-state index in [0.29, 0.717) is 35.7 Å². The Kier molecular flexibility index (Phi) is 6.57. The lowest BCUT2D eigenvalue weighted by Gasteiger charge is -2.33. The molecule has 1 aliphatic heterocycles. The van der Waals surface area contributed by atoms with Gasteiger partial charge in [-0.25, -0.2) is 4.79 Å². The molecule has 2 unspecified atom stereocenters. The number of Topliss-reactive ketones (excluding diaryl/α,β-unsaturated/α-hetero) is 1. The molecule has 1 saturated heterocycles. The minimum atomic E-state index is -0.751. The fourth-order valence-electron chi connectivity index (χ4n) is 5.61. The molecule has 0 amide bonds. The summed E-state index contributed by atoms with van der Waals surface area (Å²) >= 11 is 1.50. The van der Waals surface area contributed by atoms with Gasteiger partial charge in [-0.05, 0) is 30.5 Å². The van der Waals surface area contributed by atoms with Crippen LogP contribution in [0.3, 0.4) is 0 Å². The molecule has 0 bridgehead atoms. The van der Waals surface area contributed by atoms with Gasteiger partial charge < -0.3 is 10.6 Å². The highest BCUT2D eigenvalue weighted by molar-refractivity contribution is 7.17. The minimum absolute atomic E-state index is 0.0277. The van der Waals surface area contributed by atoms with E-state index in [0.717, 1.165) is 22.9 Å². The number of H-pyrrole nitrogens is 1. The van der Waals surface area contributed by atoms with Crippen LogP contribution in [-0.4, -0.2) is 44.0 Å². The number of nitrogens with one attached hydrogen (secondary N) is 1. The van der Waals surface area contributed by atoms with Gasteiger partial charge in [0.1, 0.15) is 0 Å². The Labute approximate surface area is 232 Å². The van der Waals surface area contributed by atoms with Crippen LogP contribution in [0.2, 0.25) is 0 Å². The summed E-state index contributed by atoms with van der Waals surface area (Å²) in [6, 6.07) is 16.2. The zero-order chi connectivity index (χ0) is 28.0. The van der Waals surface area contributed by atoms with Crippen LogP contribution < -0.4 is 21.9 Å². The zero-order valence-corrected chi connectivity index (χ0v) is 22.6. The van der Waals surface area contributed by atoms with E-state index in [1.807, 2.05) is 40.6 Å². The van der Waals surface area contributed by atoms with Crippen molar-refractivity contribution in [2.24, 2.45) is 12.8 Å². The van der Waals surface area contributed by atoms with Gasteiger partial charge >= 0.3 is 5.69 Å². The molecule has 1 aliphatic rings. The van der Waals surface area contributed by atoms with Crippen LogP contribution >= 0.6 is 11.3 Å². The summed E-state index contributed by atoms with van der Waals surface area (Å²) in [5.41, 5.74) is 7.07. The number of piperidine rings is 1. The number of rotatable bonds is 6. The Morgan fingerprint density at radius 3 is 2.80 bits per heavy atom. The number of fused-ring (bicyclic) bond motifs is 2. The Morgan fingerprint density at radius 1 is 1.23 bits per heavy atom. The summed E-state index contributed by atoms with van der Waals surface area (Å²) in [5, 5.41) is 12.7. The predicted octanol–water partition coefficient (Wildman–Crippen LogP) is 3.30. The highest BCUT2D eigenvalue weighted by atomic mass is 32.1. The summed E-state index contributed by atoms with van der Waals surface area (Å²) in [6.45, 7) is 1.16. The lowest BCUT2D eigenvalue weighted by molar-refractivity contribution is 0.0972. The van der Waals surface area contributed by atoms with Crippen molar-refractivity contribution in [3.63, 3.8) is 0 Å². The molecule has 5 aromatic rings. The quantitative estimate of drug-likeness (QED) is 0.307. The maximum atomic E-state index is 14.0. The van der Waals surface area contributed by atoms with Gasteiger partial charge in [-0.2, -0.15) is 10.2 Å². The van der Waals surface area contributed by atoms with E-state index < -0.39 is 17.3 Å². The predicted molar refractivity (Wildman–Crippen MR) is 155 cm³/mol. The van der Waals surface area contributed by atoms with Crippen molar-refractivity contribution in [2.75, 3.05) is 18.0 Å². The molecular weight excluding hydrogens is 526 g/mol. The van der Waals surface area contributed by atoms with Crippen molar-refractivity contribution < 1.29 is 4.79 Å². The normalized spacial score (nSPS) is 16.3. The summed E-state index contributed by atoms with van der Waals surface area (Å²) in [5.74, 6) is 0.317. The number of hydrogen-bond donors (Lipinski definition) is 2. The molecule has 40 heavy (non-hydrogen) atoms. The van der Waals surface area contributed by atoms with Crippen molar-refractivity contribution in [1.29, 1.82) is 5.26 Å². The number of aromatic amines is 1. The Balaban J connectivity index is 1.61. The van der Waals surface area contributed by atoms with E-state index in [4.69, 9.17) is 10.7 Å². The van der Waals surface area contributed by atoms with Crippen LogP contribution in [0.1, 0.15) is 46.8 Å². The average molecular weight is 554 g/mol. The highest BCUT2D eigenvalue weighted by Crippen LogP contribution is 2.36. The number of carbonyl (C=O) groups is 1. The average Bonchev–Trinajstić information content (AvgIpc) is 3.58. The number of aromatic nitrogens is 4. The first-order valence-electron chi connectivity index (χ1n) is 13.1. The topological polar surface area (TPSA) is 143 Å². The van der Waals surface area contributed by atoms with Crippen LogP contribution in [-0.2, 0) is 7.05 Å². The molecule has 1 fully saturated rings. The molecular formula is C29H27N7O3S. The first kappa shape index (κ1) is 25.7. The molecule has 11 heteroatoms. The van der Waals surface area contributed by atoms with Crippen molar-refractivity contribution in [2.45, 2.75) is 31.3 Å². The number of thiophene rings is 1. The summed E-state index contributed by atoms with van der Waals surface area (Å²) < 4.78 is 4.03. The smallest absolute Gasteiger partial charge is 0.329 e. The van der Waals surface area contributed by atoms with Gasteiger partial charge in [0.05, 0.1) is 17.7 Å². The molecule has 3 N–H and O–H groups in total. The van der Waals surface area contributed by atoms with E-state index >= 15 is 0 Å². The SMILES string of the molecule is Cn1c(=O)[nH]c(=O)c2c1nc(N1CCCC(N)C1)n2C(CC(=O)c1csc2ccccc12)c1ccccc1C#N. The monoisotopic (exact) mass is 553 g/mol. The maximum absolute atomic E-state index is 14.0. The number of hydrogen-bond acceptors (Lipinski definition) is 8. The van der Waals surface area contributed by atoms with Crippen molar-refractivity contribution in [3.05, 3.63) is 91.4 Å². The lowest BCUT2D eigenvalue weighted by atomic mass is 9.94. The number of ketones is 1. The van der Waals surface area contributed by atoms with E-state index in [2.05, 4.69) is 11.1 Å². The number of imidazole rings is 1. The summed E-state index contributed by atoms with van der Waals surface area (Å²) in [7, 11) is 1.55. The Morgan fingerprint density at radius 2 is 2.00 bits per heavy atom. The zero-order valence-electron chi connectivity index (χ0n) is 21.8. The number of nitriles is 1. The second-order valence-electron chi connectivity index (χ2n) is 10.1. The third kappa shape index (κ3) is 4.31. The standard InChI is InChI=1S/C29H27N7O3S/c1-34-26-25(27(38)33-29(34)39)36(28(32-26)35-12-6-8-18(31)15-35)22(19-9-3-2-7-17(19)14-30)13-23(37)21-16-40-24-11-5-4-10-20(21)24/h2-5,7,9-11,16,18,22H,6,8,12-13,15,31H2,1H3,(H,33,38,39). The number of aryl methyl sites for hydroxylation is 1. The van der Waals surface area contributed by atoms with Crippen LogP contribution in [0.25, 0.3) is 21.3 Å². The molecule has 2 atom stereocenters. The van der Waals surface area contributed by atoms with Crippen molar-refractivity contribution >= 4 is 44.3 Å². The van der Waals surface area contributed by atoms with Crippen LogP contribution in [0.4, 0.5) is 5.95 Å². The largest absolute Gasteiger partial charge is 0.341 e. The Hall–Kier alpha value is -4.53. The van der Waals surface area contributed by atoms with Crippen molar-refractivity contribution in [3.8, 4) is 6.07 Å². The number of anilines is 1. The molecule has 6 rings (SSSR count). The van der Waals surface area contributed by atoms with Gasteiger partial charge in [-0.15, -0.1) is 11.3 Å². The molecule has 2 aromatic carbocycles. The van der Waals surface area contributed by atoms with E-state index in [1.54, 1.807) is 29.8 Å². The van der Waals surface area contributed by atoms with Gasteiger partial charge in [0.15, 0.2) is 16.9 Å². The maximum Gasteiger partial charge on any atom is 0.329 e. The lowest BCUT2D eigenvalue weighted by Crippen LogP contribution is -2.44. The molecule has 0 aliphatic carbocycles. The molecule has 4 heterocycles. The molecule has 0 spiro atoms. The fraction of sp³-hybridized carbons (Fsp3) is 0.276. The highest BCUT2D eigenvalue weighted by Gasteiger charge is 2.32. The fourth-order valence-corrected chi connectivity index (χ4v) is 6.57. The third-order valence-corrected chi connectivity index (χ3v) is 8.55. The van der Waals surface area contributed by atoms with Crippen LogP contribution in [0, 0.1) is 11.3 Å². The summed E-state index contributed by atoms with van der Waals surface area (Å²) in [6.07, 6.45) is 1.67. The molecule has 0 radical (unpaired) electrons. The second-order valence-corrected chi connectivity index (χ2v) is 11.0. The van der Waals surface area contributed by atoms with E-state index in [9.17, 15) is 19.6 Å². The number of benzene rings is 2. The van der Waals surface area contributed by atoms with Gasteiger partial charge in [-0.3, -0.25) is 23.7 Å². The van der Waals surface area contributed by atoms with Gasteiger partial charge in [0, 0.05) is 53.6 Å². The summed E-state index contributed by atoms with van der Waals surface area (Å²) in [4.78, 5) is 49.1. The van der Waals surface area contributed by atoms with Crippen LogP contribution in [0.15, 0.2) is 63.5 Å². The second kappa shape index (κ2) is 10.2. The van der Waals surface area contributed by atoms with Gasteiger partial charge in [0.25, 0.3) is 5.56 Å². The first-order chi connectivity index (χ1) is 19.4. The van der Waals surface area contributed by atoms with Crippen molar-refractivity contribution in [1.82, 2.24) is 19.1 Å². The van der Waals surface area contributed by atoms with Crippen LogP contribution in [0.5, 0.6) is 0 Å². The molecule has 0 saturated carbocycles. The third-order valence-electron chi connectivity index (χ3n) is 7.58. The number of nitrogens with zero attached hydrogens (tertiary/aromatic N) is 5. The number of nitrogens with two attached hydrogens (primary N) is 1. The molecule has 3 aromatic heterocycles. The van der Waals surface area contributed by atoms with E-state index in [1.165, 1.54) is 15.9 Å². The first-order valence-corrected chi connectivity index (χ1v) is 14.0. The van der Waals surface area contributed by atoms with Gasteiger partial charge in [0.2, 0.25) is 5.95 Å². The van der Waals surface area contributed by atoms with Gasteiger partial charge in [-0.1, -0.05) is 36.4 Å². The van der Waals surface area contributed by atoms with E-state index in [-0.39, 0.29) is 29.4 Å². The number of carbonyl (C=O) groups excluding carboxylic acids is 1. The Bertz CT molecular complexity index is 1930. The molecule has 202 valence electrons.